The number of benzene rings is 2. The van der Waals surface area contributed by atoms with Gasteiger partial charge in [0.2, 0.25) is 5.91 Å². The van der Waals surface area contributed by atoms with Gasteiger partial charge in [-0.3, -0.25) is 4.79 Å². The van der Waals surface area contributed by atoms with Gasteiger partial charge in [0.25, 0.3) is 0 Å². The first-order valence-electron chi connectivity index (χ1n) is 11.4. The maximum Gasteiger partial charge on any atom is 0.322 e. The molecule has 0 fully saturated rings. The smallest absolute Gasteiger partial charge is 0.322 e. The molecule has 186 valence electrons. The van der Waals surface area contributed by atoms with Gasteiger partial charge in [0.05, 0.1) is 25.1 Å². The summed E-state index contributed by atoms with van der Waals surface area (Å²) in [6, 6.07) is 18.0. The highest BCUT2D eigenvalue weighted by atomic mass is 16.5. The fourth-order valence-electron chi connectivity index (χ4n) is 3.29. The molecule has 0 spiro atoms. The highest BCUT2D eigenvalue weighted by molar-refractivity contribution is 5.96. The summed E-state index contributed by atoms with van der Waals surface area (Å²) < 4.78 is 12.1. The van der Waals surface area contributed by atoms with Crippen LogP contribution >= 0.6 is 0 Å². The van der Waals surface area contributed by atoms with Crippen LogP contribution in [0.4, 0.5) is 16.3 Å². The van der Waals surface area contributed by atoms with E-state index in [2.05, 4.69) is 31.4 Å². The number of rotatable bonds is 9. The van der Waals surface area contributed by atoms with Crippen LogP contribution in [0.25, 0.3) is 5.69 Å². The van der Waals surface area contributed by atoms with Crippen LogP contribution in [0.2, 0.25) is 0 Å². The van der Waals surface area contributed by atoms with Crippen LogP contribution < -0.4 is 15.4 Å². The molecule has 0 saturated carbocycles. The third kappa shape index (κ3) is 7.07. The summed E-state index contributed by atoms with van der Waals surface area (Å²) in [5.41, 5.74) is 2.01. The molecule has 0 atom stereocenters. The van der Waals surface area contributed by atoms with E-state index in [9.17, 15) is 9.59 Å². The molecular weight excluding hydrogens is 446 g/mol. The van der Waals surface area contributed by atoms with Gasteiger partial charge >= 0.3 is 6.03 Å². The SMILES string of the molecule is COCCN(CC(=O)Nc1cc(C(C)(C)C)nn1-c1ccc(OC)cc1)C(=O)Nc1ccccc1. The molecule has 0 radical (unpaired) electrons. The Balaban J connectivity index is 1.80. The molecule has 3 rings (SSSR count). The van der Waals surface area contributed by atoms with Gasteiger partial charge in [-0.05, 0) is 36.4 Å². The van der Waals surface area contributed by atoms with Gasteiger partial charge in [0, 0.05) is 30.8 Å². The summed E-state index contributed by atoms with van der Waals surface area (Å²) in [4.78, 5) is 27.3. The highest BCUT2D eigenvalue weighted by Crippen LogP contribution is 2.27. The number of methoxy groups -OCH3 is 2. The van der Waals surface area contributed by atoms with Crippen molar-refractivity contribution in [1.29, 1.82) is 0 Å². The van der Waals surface area contributed by atoms with Gasteiger partial charge in [-0.15, -0.1) is 0 Å². The van der Waals surface area contributed by atoms with E-state index < -0.39 is 0 Å². The molecule has 0 bridgehead atoms. The number of carbonyl (C=O) groups is 2. The Kier molecular flexibility index (Phi) is 8.48. The van der Waals surface area contributed by atoms with Gasteiger partial charge in [0.15, 0.2) is 0 Å². The lowest BCUT2D eigenvalue weighted by atomic mass is 9.92. The number of nitrogens with one attached hydrogen (secondary N) is 2. The van der Waals surface area contributed by atoms with Gasteiger partial charge in [0.1, 0.15) is 18.1 Å². The van der Waals surface area contributed by atoms with E-state index in [0.717, 1.165) is 17.1 Å². The lowest BCUT2D eigenvalue weighted by molar-refractivity contribution is -0.116. The van der Waals surface area contributed by atoms with Crippen molar-refractivity contribution in [1.82, 2.24) is 14.7 Å². The second kappa shape index (κ2) is 11.5. The summed E-state index contributed by atoms with van der Waals surface area (Å²) in [5.74, 6) is 0.889. The summed E-state index contributed by atoms with van der Waals surface area (Å²) in [7, 11) is 3.16. The third-order valence-corrected chi connectivity index (χ3v) is 5.27. The van der Waals surface area contributed by atoms with Crippen LogP contribution in [-0.2, 0) is 14.9 Å². The predicted octanol–water partition coefficient (Wildman–Crippen LogP) is 4.30. The van der Waals surface area contributed by atoms with E-state index in [0.29, 0.717) is 18.1 Å². The Bertz CT molecular complexity index is 1120. The number of para-hydroxylation sites is 1. The molecule has 3 aromatic rings. The second-order valence-electron chi connectivity index (χ2n) is 9.03. The minimum absolute atomic E-state index is 0.152. The summed E-state index contributed by atoms with van der Waals surface area (Å²) in [6.45, 7) is 6.57. The lowest BCUT2D eigenvalue weighted by Crippen LogP contribution is -2.42. The molecule has 2 aromatic carbocycles. The van der Waals surface area contributed by atoms with E-state index in [4.69, 9.17) is 14.6 Å². The molecule has 9 heteroatoms. The van der Waals surface area contributed by atoms with Gasteiger partial charge in [-0.25, -0.2) is 9.48 Å². The average Bonchev–Trinajstić information content (AvgIpc) is 3.26. The van der Waals surface area contributed by atoms with E-state index >= 15 is 0 Å². The number of carbonyl (C=O) groups excluding carboxylic acids is 2. The van der Waals surface area contributed by atoms with Gasteiger partial charge in [-0.2, -0.15) is 5.10 Å². The quantitative estimate of drug-likeness (QED) is 0.477. The first kappa shape index (κ1) is 25.8. The molecule has 0 aliphatic rings. The predicted molar refractivity (Wildman–Crippen MR) is 136 cm³/mol. The van der Waals surface area contributed by atoms with Crippen molar-refractivity contribution in [2.45, 2.75) is 26.2 Å². The molecule has 0 aliphatic heterocycles. The number of urea groups is 1. The minimum atomic E-state index is -0.387. The molecule has 9 nitrogen and oxygen atoms in total. The largest absolute Gasteiger partial charge is 0.497 e. The molecule has 35 heavy (non-hydrogen) atoms. The number of nitrogens with zero attached hydrogens (tertiary/aromatic N) is 3. The maximum atomic E-state index is 13.1. The maximum absolute atomic E-state index is 13.1. The minimum Gasteiger partial charge on any atom is -0.497 e. The Morgan fingerprint density at radius 2 is 1.69 bits per heavy atom. The number of anilines is 2. The summed E-state index contributed by atoms with van der Waals surface area (Å²) in [5, 5.41) is 10.5. The van der Waals surface area contributed by atoms with E-state index in [1.54, 1.807) is 31.0 Å². The Hall–Kier alpha value is -3.85. The molecular formula is C26H33N5O4. The van der Waals surface area contributed by atoms with Crippen molar-refractivity contribution in [2.24, 2.45) is 0 Å². The van der Waals surface area contributed by atoms with Crippen LogP contribution in [0.5, 0.6) is 5.75 Å². The fraction of sp³-hybridized carbons (Fsp3) is 0.346. The van der Waals surface area contributed by atoms with Crippen molar-refractivity contribution < 1.29 is 19.1 Å². The monoisotopic (exact) mass is 479 g/mol. The van der Waals surface area contributed by atoms with Crippen LogP contribution in [0.1, 0.15) is 26.5 Å². The Morgan fingerprint density at radius 1 is 1.00 bits per heavy atom. The van der Waals surface area contributed by atoms with Gasteiger partial charge in [-0.1, -0.05) is 39.0 Å². The van der Waals surface area contributed by atoms with Crippen molar-refractivity contribution in [3.8, 4) is 11.4 Å². The summed E-state index contributed by atoms with van der Waals surface area (Å²) >= 11 is 0. The highest BCUT2D eigenvalue weighted by Gasteiger charge is 2.23. The molecule has 0 saturated heterocycles. The van der Waals surface area contributed by atoms with E-state index in [1.165, 1.54) is 4.90 Å². The molecule has 2 N–H and O–H groups in total. The van der Waals surface area contributed by atoms with Gasteiger partial charge < -0.3 is 25.0 Å². The Morgan fingerprint density at radius 3 is 2.29 bits per heavy atom. The Labute approximate surface area is 206 Å². The molecule has 0 aliphatic carbocycles. The fourth-order valence-corrected chi connectivity index (χ4v) is 3.29. The number of hydrogen-bond acceptors (Lipinski definition) is 5. The number of amides is 3. The zero-order valence-corrected chi connectivity index (χ0v) is 20.9. The number of ether oxygens (including phenoxy) is 2. The van der Waals surface area contributed by atoms with E-state index in [1.807, 2.05) is 48.5 Å². The topological polar surface area (TPSA) is 97.7 Å². The van der Waals surface area contributed by atoms with Crippen molar-refractivity contribution in [3.63, 3.8) is 0 Å². The number of hydrogen-bond donors (Lipinski definition) is 2. The molecule has 1 heterocycles. The van der Waals surface area contributed by atoms with Crippen LogP contribution in [0, 0.1) is 0 Å². The molecule has 3 amide bonds. The third-order valence-electron chi connectivity index (χ3n) is 5.27. The standard InChI is InChI=1S/C26H33N5O4/c1-26(2,3)22-17-23(31(29-22)20-11-13-21(35-5)14-12-20)28-24(32)18-30(15-16-34-4)25(33)27-19-9-7-6-8-10-19/h6-14,17H,15-16,18H2,1-5H3,(H,27,33)(H,28,32). The lowest BCUT2D eigenvalue weighted by Gasteiger charge is -2.22. The van der Waals surface area contributed by atoms with Crippen LogP contribution in [-0.4, -0.2) is 60.5 Å². The van der Waals surface area contributed by atoms with Crippen molar-refractivity contribution >= 4 is 23.4 Å². The summed E-state index contributed by atoms with van der Waals surface area (Å²) in [6.07, 6.45) is 0. The first-order valence-corrected chi connectivity index (χ1v) is 11.4. The first-order chi connectivity index (χ1) is 16.7. The second-order valence-corrected chi connectivity index (χ2v) is 9.03. The normalized spacial score (nSPS) is 11.1. The average molecular weight is 480 g/mol. The van der Waals surface area contributed by atoms with Crippen LogP contribution in [0.3, 0.4) is 0 Å². The zero-order chi connectivity index (χ0) is 25.4. The van der Waals surface area contributed by atoms with Crippen LogP contribution in [0.15, 0.2) is 60.7 Å². The zero-order valence-electron chi connectivity index (χ0n) is 20.9. The van der Waals surface area contributed by atoms with E-state index in [-0.39, 0.29) is 30.4 Å². The van der Waals surface area contributed by atoms with Crippen molar-refractivity contribution in [3.05, 3.63) is 66.4 Å². The molecule has 1 aromatic heterocycles. The van der Waals surface area contributed by atoms with Crippen molar-refractivity contribution in [2.75, 3.05) is 44.5 Å². The molecule has 0 unspecified atom stereocenters. The number of aromatic nitrogens is 2.